The molecule has 0 aromatic heterocycles. The number of nitrogens with one attached hydrogen (secondary N) is 2. The molecule has 4 N–H and O–H groups in total. The lowest BCUT2D eigenvalue weighted by atomic mass is 10.2. The van der Waals surface area contributed by atoms with Crippen molar-refractivity contribution in [3.63, 3.8) is 0 Å². The Bertz CT molecular complexity index is 398. The summed E-state index contributed by atoms with van der Waals surface area (Å²) in [5, 5.41) is 22.7. The van der Waals surface area contributed by atoms with Gasteiger partial charge in [0, 0.05) is 6.54 Å². The van der Waals surface area contributed by atoms with Crippen LogP contribution in [0.2, 0.25) is 0 Å². The number of amides is 2. The molecule has 1 aromatic rings. The molecule has 0 spiro atoms. The van der Waals surface area contributed by atoms with Crippen LogP contribution in [0.4, 0.5) is 9.18 Å². The van der Waals surface area contributed by atoms with Gasteiger partial charge in [-0.15, -0.1) is 0 Å². The van der Waals surface area contributed by atoms with E-state index in [4.69, 9.17) is 10.2 Å². The summed E-state index contributed by atoms with van der Waals surface area (Å²) in [5.41, 5.74) is 0.534. The molecule has 2 amide bonds. The van der Waals surface area contributed by atoms with Crippen LogP contribution in [0.15, 0.2) is 18.2 Å². The number of hydrogen-bond donors (Lipinski definition) is 4. The van der Waals surface area contributed by atoms with Crippen molar-refractivity contribution >= 4 is 6.03 Å². The van der Waals surface area contributed by atoms with Crippen LogP contribution in [0.5, 0.6) is 5.75 Å². The van der Waals surface area contributed by atoms with Crippen LogP contribution >= 0.6 is 0 Å². The normalized spacial score (nSPS) is 11.9. The summed E-state index contributed by atoms with van der Waals surface area (Å²) in [4.78, 5) is 11.3. The van der Waals surface area contributed by atoms with Gasteiger partial charge in [0.15, 0.2) is 11.6 Å². The molecular weight excluding hydrogens is 227 g/mol. The van der Waals surface area contributed by atoms with Gasteiger partial charge < -0.3 is 20.8 Å². The first-order valence-electron chi connectivity index (χ1n) is 5.15. The van der Waals surface area contributed by atoms with Gasteiger partial charge in [-0.3, -0.25) is 0 Å². The fourth-order valence-electron chi connectivity index (χ4n) is 1.16. The number of phenolic OH excluding ortho intramolecular Hbond substituents is 1. The number of phenols is 1. The Labute approximate surface area is 98.3 Å². The summed E-state index contributed by atoms with van der Waals surface area (Å²) in [6, 6.07) is 3.09. The van der Waals surface area contributed by atoms with E-state index in [1.54, 1.807) is 6.92 Å². The molecular formula is C11H15FN2O3. The fourth-order valence-corrected chi connectivity index (χ4v) is 1.16. The number of aliphatic hydroxyl groups is 1. The summed E-state index contributed by atoms with van der Waals surface area (Å²) >= 11 is 0. The second-order valence-corrected chi connectivity index (χ2v) is 3.70. The second kappa shape index (κ2) is 6.05. The van der Waals surface area contributed by atoms with Crippen LogP contribution in [0.1, 0.15) is 12.5 Å². The first kappa shape index (κ1) is 13.2. The van der Waals surface area contributed by atoms with E-state index in [-0.39, 0.29) is 19.2 Å². The Morgan fingerprint density at radius 3 is 2.82 bits per heavy atom. The Balaban J connectivity index is 2.45. The lowest BCUT2D eigenvalue weighted by Gasteiger charge is -2.12. The highest BCUT2D eigenvalue weighted by molar-refractivity contribution is 5.74. The summed E-state index contributed by atoms with van der Waals surface area (Å²) in [6.07, 6.45) is 0. The summed E-state index contributed by atoms with van der Waals surface area (Å²) in [7, 11) is 0. The second-order valence-electron chi connectivity index (χ2n) is 3.70. The Hall–Kier alpha value is -1.82. The number of aliphatic hydroxyl groups excluding tert-OH is 1. The van der Waals surface area contributed by atoms with E-state index in [1.807, 2.05) is 0 Å². The van der Waals surface area contributed by atoms with Crippen LogP contribution in [-0.2, 0) is 6.54 Å². The highest BCUT2D eigenvalue weighted by Gasteiger charge is 2.06. The molecule has 0 saturated heterocycles. The van der Waals surface area contributed by atoms with Crippen LogP contribution in [-0.4, -0.2) is 28.9 Å². The molecule has 1 aromatic carbocycles. The fraction of sp³-hybridized carbons (Fsp3) is 0.364. The zero-order valence-corrected chi connectivity index (χ0v) is 9.40. The average Bonchev–Trinajstić information content (AvgIpc) is 2.30. The topological polar surface area (TPSA) is 81.6 Å². The van der Waals surface area contributed by atoms with Crippen LogP contribution in [0, 0.1) is 5.82 Å². The molecule has 0 aliphatic rings. The van der Waals surface area contributed by atoms with Crippen LogP contribution in [0.3, 0.4) is 0 Å². The minimum Gasteiger partial charge on any atom is -0.505 e. The summed E-state index contributed by atoms with van der Waals surface area (Å²) in [5.74, 6) is -1.15. The molecule has 0 fully saturated rings. The summed E-state index contributed by atoms with van der Waals surface area (Å²) < 4.78 is 13.0. The molecule has 0 bridgehead atoms. The van der Waals surface area contributed by atoms with E-state index in [9.17, 15) is 9.18 Å². The highest BCUT2D eigenvalue weighted by atomic mass is 19.1. The molecule has 1 atom stereocenters. The van der Waals surface area contributed by atoms with E-state index < -0.39 is 17.6 Å². The summed E-state index contributed by atoms with van der Waals surface area (Å²) in [6.45, 7) is 1.64. The van der Waals surface area contributed by atoms with Gasteiger partial charge in [0.25, 0.3) is 0 Å². The van der Waals surface area contributed by atoms with Gasteiger partial charge in [-0.25, -0.2) is 9.18 Å². The third-order valence-corrected chi connectivity index (χ3v) is 2.12. The monoisotopic (exact) mass is 242 g/mol. The zero-order valence-electron chi connectivity index (χ0n) is 9.40. The molecule has 0 heterocycles. The first-order chi connectivity index (χ1) is 8.02. The molecule has 94 valence electrons. The van der Waals surface area contributed by atoms with Gasteiger partial charge >= 0.3 is 6.03 Å². The lowest BCUT2D eigenvalue weighted by Crippen LogP contribution is -2.41. The van der Waals surface area contributed by atoms with Crippen molar-refractivity contribution in [1.29, 1.82) is 0 Å². The number of hydrogen-bond acceptors (Lipinski definition) is 3. The zero-order chi connectivity index (χ0) is 12.8. The smallest absolute Gasteiger partial charge is 0.315 e. The Morgan fingerprint density at radius 2 is 2.24 bits per heavy atom. The number of halogens is 1. The van der Waals surface area contributed by atoms with Gasteiger partial charge in [0.05, 0.1) is 12.6 Å². The van der Waals surface area contributed by atoms with Crippen molar-refractivity contribution in [2.45, 2.75) is 19.5 Å². The number of carbonyl (C=O) groups excluding carboxylic acids is 1. The van der Waals surface area contributed by atoms with Crippen molar-refractivity contribution in [2.24, 2.45) is 0 Å². The van der Waals surface area contributed by atoms with Crippen molar-refractivity contribution in [2.75, 3.05) is 6.61 Å². The third kappa shape index (κ3) is 4.28. The minimum atomic E-state index is -0.728. The van der Waals surface area contributed by atoms with Gasteiger partial charge in [-0.05, 0) is 24.6 Å². The van der Waals surface area contributed by atoms with Crippen LogP contribution < -0.4 is 10.6 Å². The van der Waals surface area contributed by atoms with Gasteiger partial charge in [-0.2, -0.15) is 0 Å². The van der Waals surface area contributed by atoms with Crippen molar-refractivity contribution in [3.8, 4) is 5.75 Å². The number of urea groups is 1. The average molecular weight is 242 g/mol. The van der Waals surface area contributed by atoms with Crippen molar-refractivity contribution in [3.05, 3.63) is 29.6 Å². The Morgan fingerprint density at radius 1 is 1.53 bits per heavy atom. The molecule has 1 rings (SSSR count). The van der Waals surface area contributed by atoms with E-state index in [0.717, 1.165) is 6.07 Å². The maximum absolute atomic E-state index is 13.0. The first-order valence-corrected chi connectivity index (χ1v) is 5.15. The van der Waals surface area contributed by atoms with E-state index in [1.165, 1.54) is 12.1 Å². The maximum atomic E-state index is 13.0. The maximum Gasteiger partial charge on any atom is 0.315 e. The van der Waals surface area contributed by atoms with Crippen molar-refractivity contribution < 1.29 is 19.4 Å². The van der Waals surface area contributed by atoms with E-state index in [2.05, 4.69) is 10.6 Å². The van der Waals surface area contributed by atoms with Crippen LogP contribution in [0.25, 0.3) is 0 Å². The standard InChI is InChI=1S/C11H15FN2O3/c1-7(6-15)14-11(17)13-5-8-2-3-10(16)9(12)4-8/h2-4,7,15-16H,5-6H2,1H3,(H2,13,14,17). The molecule has 0 aliphatic heterocycles. The van der Waals surface area contributed by atoms with Gasteiger partial charge in [0.2, 0.25) is 0 Å². The molecule has 5 nitrogen and oxygen atoms in total. The SMILES string of the molecule is CC(CO)NC(=O)NCc1ccc(O)c(F)c1. The number of carbonyl (C=O) groups is 1. The predicted octanol–water partition coefficient (Wildman–Crippen LogP) is 0.711. The van der Waals surface area contributed by atoms with E-state index >= 15 is 0 Å². The van der Waals surface area contributed by atoms with Gasteiger partial charge in [-0.1, -0.05) is 6.07 Å². The van der Waals surface area contributed by atoms with Gasteiger partial charge in [0.1, 0.15) is 0 Å². The predicted molar refractivity (Wildman–Crippen MR) is 60.0 cm³/mol. The highest BCUT2D eigenvalue weighted by Crippen LogP contribution is 2.15. The molecule has 1 unspecified atom stereocenters. The molecule has 0 radical (unpaired) electrons. The Kier molecular flexibility index (Phi) is 4.71. The van der Waals surface area contributed by atoms with Crippen molar-refractivity contribution in [1.82, 2.24) is 10.6 Å². The molecule has 17 heavy (non-hydrogen) atoms. The largest absolute Gasteiger partial charge is 0.505 e. The number of benzene rings is 1. The van der Waals surface area contributed by atoms with E-state index in [0.29, 0.717) is 5.56 Å². The molecule has 6 heteroatoms. The quantitative estimate of drug-likeness (QED) is 0.627. The minimum absolute atomic E-state index is 0.140. The third-order valence-electron chi connectivity index (χ3n) is 2.12. The number of rotatable bonds is 4. The lowest BCUT2D eigenvalue weighted by molar-refractivity contribution is 0.220. The molecule has 0 aliphatic carbocycles. The molecule has 0 saturated carbocycles. The number of aromatic hydroxyl groups is 1.